The summed E-state index contributed by atoms with van der Waals surface area (Å²) < 4.78 is 3.31. The van der Waals surface area contributed by atoms with Gasteiger partial charge < -0.3 is 14.8 Å². The van der Waals surface area contributed by atoms with Gasteiger partial charge in [0.05, 0.1) is 6.54 Å². The van der Waals surface area contributed by atoms with Crippen molar-refractivity contribution in [2.45, 2.75) is 38.5 Å². The van der Waals surface area contributed by atoms with Gasteiger partial charge in [-0.15, -0.1) is 10.2 Å². The Morgan fingerprint density at radius 3 is 3.00 bits per heavy atom. The predicted molar refractivity (Wildman–Crippen MR) is 85.1 cm³/mol. The van der Waals surface area contributed by atoms with E-state index >= 15 is 0 Å². The van der Waals surface area contributed by atoms with Crippen LogP contribution < -0.4 is 10.2 Å². The van der Waals surface area contributed by atoms with E-state index in [1.165, 1.54) is 28.6 Å². The molecule has 1 fully saturated rings. The fraction of sp³-hybridized carbons (Fsp3) is 0.467. The molecule has 6 heteroatoms. The molecule has 1 aliphatic carbocycles. The van der Waals surface area contributed by atoms with Gasteiger partial charge in [0.25, 0.3) is 0 Å². The van der Waals surface area contributed by atoms with E-state index in [2.05, 4.69) is 59.1 Å². The van der Waals surface area contributed by atoms with Crippen LogP contribution >= 0.6 is 15.9 Å². The molecule has 0 saturated heterocycles. The third-order valence-corrected chi connectivity index (χ3v) is 4.94. The zero-order chi connectivity index (χ0) is 14.2. The summed E-state index contributed by atoms with van der Waals surface area (Å²) in [7, 11) is 0. The van der Waals surface area contributed by atoms with Crippen LogP contribution in [0.1, 0.15) is 24.2 Å². The molecule has 1 aromatic carbocycles. The molecule has 1 N–H and O–H groups in total. The predicted octanol–water partition coefficient (Wildman–Crippen LogP) is 2.31. The molecule has 1 aromatic heterocycles. The number of rotatable bonds is 4. The number of halogens is 1. The summed E-state index contributed by atoms with van der Waals surface area (Å²) in [5, 5.41) is 11.7. The van der Waals surface area contributed by atoms with Gasteiger partial charge in [-0.25, -0.2) is 0 Å². The van der Waals surface area contributed by atoms with Gasteiger partial charge in [0.2, 0.25) is 0 Å². The lowest BCUT2D eigenvalue weighted by Gasteiger charge is -2.29. The summed E-state index contributed by atoms with van der Waals surface area (Å²) in [6.07, 6.45) is 4.46. The molecule has 21 heavy (non-hydrogen) atoms. The van der Waals surface area contributed by atoms with Gasteiger partial charge in [0.15, 0.2) is 5.82 Å². The SMILES string of the molecule is Brc1cc(N2CCn3cnnc3C2)ccc1CNC1CC1. The molecule has 0 atom stereocenters. The molecule has 2 heterocycles. The average molecular weight is 348 g/mol. The Hall–Kier alpha value is -1.40. The largest absolute Gasteiger partial charge is 0.362 e. The molecule has 2 aliphatic rings. The minimum absolute atomic E-state index is 0.741. The van der Waals surface area contributed by atoms with Gasteiger partial charge in [-0.2, -0.15) is 0 Å². The molecule has 5 nitrogen and oxygen atoms in total. The van der Waals surface area contributed by atoms with Crippen LogP contribution in [0.2, 0.25) is 0 Å². The highest BCUT2D eigenvalue weighted by Gasteiger charge is 2.21. The lowest BCUT2D eigenvalue weighted by molar-refractivity contribution is 0.560. The first kappa shape index (κ1) is 13.3. The Kier molecular flexibility index (Phi) is 3.43. The van der Waals surface area contributed by atoms with Crippen molar-refractivity contribution < 1.29 is 0 Å². The summed E-state index contributed by atoms with van der Waals surface area (Å²) in [5.41, 5.74) is 2.57. The molecular weight excluding hydrogens is 330 g/mol. The van der Waals surface area contributed by atoms with Crippen molar-refractivity contribution >= 4 is 21.6 Å². The second-order valence-electron chi connectivity index (χ2n) is 5.79. The van der Waals surface area contributed by atoms with E-state index in [-0.39, 0.29) is 0 Å². The quantitative estimate of drug-likeness (QED) is 0.921. The highest BCUT2D eigenvalue weighted by molar-refractivity contribution is 9.10. The summed E-state index contributed by atoms with van der Waals surface area (Å²) in [4.78, 5) is 2.35. The van der Waals surface area contributed by atoms with Gasteiger partial charge in [-0.3, -0.25) is 0 Å². The summed E-state index contributed by atoms with van der Waals surface area (Å²) in [6.45, 7) is 3.72. The fourth-order valence-corrected chi connectivity index (χ4v) is 3.21. The van der Waals surface area contributed by atoms with Crippen LogP contribution in [0.5, 0.6) is 0 Å². The molecule has 0 unspecified atom stereocenters. The summed E-state index contributed by atoms with van der Waals surface area (Å²) in [5.74, 6) is 1.04. The maximum absolute atomic E-state index is 4.18. The zero-order valence-corrected chi connectivity index (χ0v) is 13.4. The van der Waals surface area contributed by atoms with Crippen molar-refractivity contribution in [2.24, 2.45) is 0 Å². The number of hydrogen-bond acceptors (Lipinski definition) is 4. The lowest BCUT2D eigenvalue weighted by Crippen LogP contribution is -2.33. The number of fused-ring (bicyclic) bond motifs is 1. The lowest BCUT2D eigenvalue weighted by atomic mass is 10.2. The first-order valence-electron chi connectivity index (χ1n) is 7.43. The molecule has 1 aliphatic heterocycles. The number of anilines is 1. The van der Waals surface area contributed by atoms with Crippen LogP contribution in [0.25, 0.3) is 0 Å². The maximum atomic E-state index is 4.18. The van der Waals surface area contributed by atoms with Gasteiger partial charge in [0, 0.05) is 35.8 Å². The van der Waals surface area contributed by atoms with Crippen LogP contribution in [0.4, 0.5) is 5.69 Å². The minimum atomic E-state index is 0.741. The van der Waals surface area contributed by atoms with E-state index in [1.807, 2.05) is 6.33 Å². The molecule has 110 valence electrons. The highest BCUT2D eigenvalue weighted by atomic mass is 79.9. The molecular formula is C15H18BrN5. The Bertz CT molecular complexity index is 649. The molecule has 2 aromatic rings. The normalized spacial score (nSPS) is 17.9. The Morgan fingerprint density at radius 1 is 1.29 bits per heavy atom. The molecule has 0 amide bonds. The minimum Gasteiger partial charge on any atom is -0.362 e. The van der Waals surface area contributed by atoms with Gasteiger partial charge in [0.1, 0.15) is 6.33 Å². The Balaban J connectivity index is 1.49. The number of hydrogen-bond donors (Lipinski definition) is 1. The molecule has 4 rings (SSSR count). The fourth-order valence-electron chi connectivity index (χ4n) is 2.70. The number of nitrogens with zero attached hydrogens (tertiary/aromatic N) is 4. The van der Waals surface area contributed by atoms with Crippen molar-refractivity contribution in [3.8, 4) is 0 Å². The number of benzene rings is 1. The first-order chi connectivity index (χ1) is 10.3. The average Bonchev–Trinajstić information content (AvgIpc) is 3.21. The van der Waals surface area contributed by atoms with E-state index in [9.17, 15) is 0 Å². The van der Waals surface area contributed by atoms with Crippen LogP contribution in [0.15, 0.2) is 29.0 Å². The van der Waals surface area contributed by atoms with Gasteiger partial charge in [-0.05, 0) is 30.5 Å². The molecule has 1 saturated carbocycles. The zero-order valence-electron chi connectivity index (χ0n) is 11.8. The van der Waals surface area contributed by atoms with Crippen LogP contribution in [0.3, 0.4) is 0 Å². The third kappa shape index (κ3) is 2.82. The first-order valence-corrected chi connectivity index (χ1v) is 8.22. The summed E-state index contributed by atoms with van der Waals surface area (Å²) in [6, 6.07) is 7.38. The van der Waals surface area contributed by atoms with Crippen molar-refractivity contribution in [3.63, 3.8) is 0 Å². The maximum Gasteiger partial charge on any atom is 0.152 e. The van der Waals surface area contributed by atoms with Crippen molar-refractivity contribution in [3.05, 3.63) is 40.4 Å². The van der Waals surface area contributed by atoms with E-state index in [0.29, 0.717) is 0 Å². The molecule has 0 radical (unpaired) electrons. The third-order valence-electron chi connectivity index (χ3n) is 4.20. The van der Waals surface area contributed by atoms with E-state index in [1.54, 1.807) is 0 Å². The Labute approximate surface area is 132 Å². The second kappa shape index (κ2) is 5.42. The van der Waals surface area contributed by atoms with Crippen molar-refractivity contribution in [1.82, 2.24) is 20.1 Å². The van der Waals surface area contributed by atoms with Crippen LogP contribution in [-0.2, 0) is 19.6 Å². The van der Waals surface area contributed by atoms with Crippen LogP contribution in [-0.4, -0.2) is 27.4 Å². The monoisotopic (exact) mass is 347 g/mol. The smallest absolute Gasteiger partial charge is 0.152 e. The molecule has 0 bridgehead atoms. The van der Waals surface area contributed by atoms with Gasteiger partial charge in [-0.1, -0.05) is 22.0 Å². The molecule has 0 spiro atoms. The standard InChI is InChI=1S/C15H18BrN5/c16-14-7-13(4-1-11(14)8-17-12-2-3-12)20-5-6-21-10-18-19-15(21)9-20/h1,4,7,10,12,17H,2-3,5-6,8-9H2. The van der Waals surface area contributed by atoms with E-state index in [0.717, 1.165) is 38.0 Å². The number of nitrogens with one attached hydrogen (secondary N) is 1. The van der Waals surface area contributed by atoms with Crippen LogP contribution in [0, 0.1) is 0 Å². The summed E-state index contributed by atoms with van der Waals surface area (Å²) >= 11 is 3.71. The van der Waals surface area contributed by atoms with Gasteiger partial charge >= 0.3 is 0 Å². The second-order valence-corrected chi connectivity index (χ2v) is 6.65. The van der Waals surface area contributed by atoms with Crippen molar-refractivity contribution in [1.29, 1.82) is 0 Å². The Morgan fingerprint density at radius 2 is 2.19 bits per heavy atom. The van der Waals surface area contributed by atoms with E-state index < -0.39 is 0 Å². The highest BCUT2D eigenvalue weighted by Crippen LogP contribution is 2.27. The van der Waals surface area contributed by atoms with E-state index in [4.69, 9.17) is 0 Å². The number of aromatic nitrogens is 3. The topological polar surface area (TPSA) is 46.0 Å². The van der Waals surface area contributed by atoms with Crippen molar-refractivity contribution in [2.75, 3.05) is 11.4 Å².